The molecule has 1 unspecified atom stereocenters. The first-order valence-corrected chi connectivity index (χ1v) is 9.08. The first kappa shape index (κ1) is 14.8. The average Bonchev–Trinajstić information content (AvgIpc) is 2.84. The third kappa shape index (κ3) is 4.44. The van der Waals surface area contributed by atoms with Gasteiger partial charge in [-0.05, 0) is 77.2 Å². The molecule has 0 aliphatic carbocycles. The minimum Gasteiger partial charge on any atom is -0.313 e. The Balaban J connectivity index is 1.35. The van der Waals surface area contributed by atoms with Crippen molar-refractivity contribution in [3.8, 4) is 0 Å². The summed E-state index contributed by atoms with van der Waals surface area (Å²) in [5.41, 5.74) is 0. The first-order valence-electron chi connectivity index (χ1n) is 9.08. The predicted molar refractivity (Wildman–Crippen MR) is 85.1 cm³/mol. The van der Waals surface area contributed by atoms with Crippen molar-refractivity contribution in [2.24, 2.45) is 5.92 Å². The van der Waals surface area contributed by atoms with Crippen LogP contribution in [0.4, 0.5) is 0 Å². The molecule has 3 rings (SSSR count). The lowest BCUT2D eigenvalue weighted by atomic mass is 9.95. The molecule has 1 atom stereocenters. The molecule has 3 heteroatoms. The van der Waals surface area contributed by atoms with E-state index in [1.165, 1.54) is 97.2 Å². The minimum absolute atomic E-state index is 0.771. The van der Waals surface area contributed by atoms with E-state index in [0.717, 1.165) is 12.0 Å². The molecule has 0 bridgehead atoms. The van der Waals surface area contributed by atoms with Crippen LogP contribution in [-0.4, -0.2) is 61.7 Å². The Morgan fingerprint density at radius 2 is 1.45 bits per heavy atom. The van der Waals surface area contributed by atoms with Crippen LogP contribution in [0.3, 0.4) is 0 Å². The van der Waals surface area contributed by atoms with Gasteiger partial charge in [-0.25, -0.2) is 0 Å². The molecule has 0 radical (unpaired) electrons. The summed E-state index contributed by atoms with van der Waals surface area (Å²) in [6.07, 6.45) is 11.4. The van der Waals surface area contributed by atoms with Crippen LogP contribution >= 0.6 is 0 Å². The predicted octanol–water partition coefficient (Wildman–Crippen LogP) is 2.33. The smallest absolute Gasteiger partial charge is 0.0195 e. The number of likely N-dealkylation sites (tertiary alicyclic amines) is 2. The van der Waals surface area contributed by atoms with Gasteiger partial charge in [0.2, 0.25) is 0 Å². The van der Waals surface area contributed by atoms with Gasteiger partial charge in [0, 0.05) is 19.1 Å². The van der Waals surface area contributed by atoms with Crippen molar-refractivity contribution in [2.45, 2.75) is 57.4 Å². The van der Waals surface area contributed by atoms with Gasteiger partial charge < -0.3 is 15.1 Å². The largest absolute Gasteiger partial charge is 0.313 e. The molecule has 0 saturated carbocycles. The maximum atomic E-state index is 3.75. The highest BCUT2D eigenvalue weighted by molar-refractivity contribution is 4.81. The first-order chi connectivity index (χ1) is 9.90. The van der Waals surface area contributed by atoms with Crippen molar-refractivity contribution >= 4 is 0 Å². The normalized spacial score (nSPS) is 31.5. The molecule has 0 amide bonds. The molecule has 0 spiro atoms. The Morgan fingerprint density at radius 3 is 2.25 bits per heavy atom. The van der Waals surface area contributed by atoms with Gasteiger partial charge in [0.1, 0.15) is 0 Å². The van der Waals surface area contributed by atoms with Gasteiger partial charge >= 0.3 is 0 Å². The second kappa shape index (κ2) is 7.77. The lowest BCUT2D eigenvalue weighted by Gasteiger charge is -2.35. The molecule has 0 aromatic rings. The lowest BCUT2D eigenvalue weighted by molar-refractivity contribution is 0.142. The topological polar surface area (TPSA) is 18.5 Å². The zero-order valence-electron chi connectivity index (χ0n) is 13.2. The third-order valence-electron chi connectivity index (χ3n) is 5.56. The summed E-state index contributed by atoms with van der Waals surface area (Å²) in [7, 11) is 0. The summed E-state index contributed by atoms with van der Waals surface area (Å²) in [6.45, 7) is 9.35. The SMILES string of the molecule is C1CCNC(CN2CCC(CN3CCCC3)CC2)CC1. The standard InChI is InChI=1S/C17H33N3/c1-2-6-17(18-9-3-1)15-20-12-7-16(8-13-20)14-19-10-4-5-11-19/h16-18H,1-15H2. The highest BCUT2D eigenvalue weighted by Gasteiger charge is 2.24. The number of nitrogens with zero attached hydrogens (tertiary/aromatic N) is 2. The molecule has 0 aromatic heterocycles. The van der Waals surface area contributed by atoms with E-state index in [1.54, 1.807) is 0 Å². The maximum absolute atomic E-state index is 3.75. The average molecular weight is 279 g/mol. The molecule has 3 saturated heterocycles. The fourth-order valence-corrected chi connectivity index (χ4v) is 4.25. The van der Waals surface area contributed by atoms with Crippen molar-refractivity contribution in [3.63, 3.8) is 0 Å². The molecule has 3 heterocycles. The summed E-state index contributed by atoms with van der Waals surface area (Å²) in [5.74, 6) is 0.978. The number of nitrogens with one attached hydrogen (secondary N) is 1. The summed E-state index contributed by atoms with van der Waals surface area (Å²) >= 11 is 0. The molecule has 3 aliphatic heterocycles. The van der Waals surface area contributed by atoms with Crippen LogP contribution in [0.2, 0.25) is 0 Å². The fourth-order valence-electron chi connectivity index (χ4n) is 4.25. The summed E-state index contributed by atoms with van der Waals surface area (Å²) < 4.78 is 0. The van der Waals surface area contributed by atoms with E-state index in [9.17, 15) is 0 Å². The Morgan fingerprint density at radius 1 is 0.700 bits per heavy atom. The second-order valence-corrected chi connectivity index (χ2v) is 7.25. The summed E-state index contributed by atoms with van der Waals surface area (Å²) in [4.78, 5) is 5.43. The Kier molecular flexibility index (Phi) is 5.75. The van der Waals surface area contributed by atoms with Gasteiger partial charge in [-0.1, -0.05) is 12.8 Å². The molecule has 1 N–H and O–H groups in total. The van der Waals surface area contributed by atoms with E-state index in [4.69, 9.17) is 0 Å². The summed E-state index contributed by atoms with van der Waals surface area (Å²) in [5, 5.41) is 3.75. The van der Waals surface area contributed by atoms with E-state index in [2.05, 4.69) is 15.1 Å². The molecule has 3 aliphatic rings. The van der Waals surface area contributed by atoms with Crippen LogP contribution in [0, 0.1) is 5.92 Å². The molecule has 3 nitrogen and oxygen atoms in total. The van der Waals surface area contributed by atoms with Gasteiger partial charge in [0.15, 0.2) is 0 Å². The Bertz CT molecular complexity index is 259. The van der Waals surface area contributed by atoms with E-state index < -0.39 is 0 Å². The van der Waals surface area contributed by atoms with Gasteiger partial charge in [-0.3, -0.25) is 0 Å². The summed E-state index contributed by atoms with van der Waals surface area (Å²) in [6, 6.07) is 0.771. The number of hydrogen-bond donors (Lipinski definition) is 1. The van der Waals surface area contributed by atoms with Crippen LogP contribution in [-0.2, 0) is 0 Å². The molecular weight excluding hydrogens is 246 g/mol. The van der Waals surface area contributed by atoms with Crippen molar-refractivity contribution in [2.75, 3.05) is 45.8 Å². The fraction of sp³-hybridized carbons (Fsp3) is 1.00. The van der Waals surface area contributed by atoms with Gasteiger partial charge in [0.25, 0.3) is 0 Å². The van der Waals surface area contributed by atoms with Gasteiger partial charge in [0.05, 0.1) is 0 Å². The number of piperidine rings is 1. The Labute approximate surface area is 125 Å². The van der Waals surface area contributed by atoms with Crippen LogP contribution < -0.4 is 5.32 Å². The van der Waals surface area contributed by atoms with Crippen LogP contribution in [0.1, 0.15) is 51.4 Å². The minimum atomic E-state index is 0.771. The molecule has 0 aromatic carbocycles. The third-order valence-corrected chi connectivity index (χ3v) is 5.56. The van der Waals surface area contributed by atoms with Gasteiger partial charge in [-0.2, -0.15) is 0 Å². The van der Waals surface area contributed by atoms with Gasteiger partial charge in [-0.15, -0.1) is 0 Å². The van der Waals surface area contributed by atoms with Crippen molar-refractivity contribution in [1.29, 1.82) is 0 Å². The van der Waals surface area contributed by atoms with Crippen molar-refractivity contribution < 1.29 is 0 Å². The highest BCUT2D eigenvalue weighted by atomic mass is 15.2. The number of hydrogen-bond acceptors (Lipinski definition) is 3. The Hall–Kier alpha value is -0.120. The highest BCUT2D eigenvalue weighted by Crippen LogP contribution is 2.21. The quantitative estimate of drug-likeness (QED) is 0.852. The molecule has 3 fully saturated rings. The number of rotatable bonds is 4. The van der Waals surface area contributed by atoms with E-state index >= 15 is 0 Å². The zero-order valence-corrected chi connectivity index (χ0v) is 13.2. The maximum Gasteiger partial charge on any atom is 0.0195 e. The molecule has 116 valence electrons. The second-order valence-electron chi connectivity index (χ2n) is 7.25. The van der Waals surface area contributed by atoms with E-state index in [-0.39, 0.29) is 0 Å². The molecular formula is C17H33N3. The lowest BCUT2D eigenvalue weighted by Crippen LogP contribution is -2.45. The van der Waals surface area contributed by atoms with Crippen molar-refractivity contribution in [1.82, 2.24) is 15.1 Å². The van der Waals surface area contributed by atoms with Crippen LogP contribution in [0.25, 0.3) is 0 Å². The van der Waals surface area contributed by atoms with Crippen LogP contribution in [0.5, 0.6) is 0 Å². The van der Waals surface area contributed by atoms with Crippen LogP contribution in [0.15, 0.2) is 0 Å². The monoisotopic (exact) mass is 279 g/mol. The van der Waals surface area contributed by atoms with Crippen molar-refractivity contribution in [3.05, 3.63) is 0 Å². The van der Waals surface area contributed by atoms with E-state index in [0.29, 0.717) is 0 Å². The zero-order chi connectivity index (χ0) is 13.6. The van der Waals surface area contributed by atoms with E-state index in [1.807, 2.05) is 0 Å². The molecule has 20 heavy (non-hydrogen) atoms.